The largest absolute Gasteiger partial charge is 0.392 e. The number of hydrogen-bond donors (Lipinski definition) is 2. The predicted octanol–water partition coefficient (Wildman–Crippen LogP) is 2.99. The molecule has 0 aromatic carbocycles. The lowest BCUT2D eigenvalue weighted by Gasteiger charge is -2.43. The van der Waals surface area contributed by atoms with Crippen LogP contribution < -0.4 is 0 Å². The lowest BCUT2D eigenvalue weighted by atomic mass is 9.67. The van der Waals surface area contributed by atoms with E-state index in [0.29, 0.717) is 24.2 Å². The van der Waals surface area contributed by atoms with Crippen molar-refractivity contribution in [1.29, 1.82) is 0 Å². The van der Waals surface area contributed by atoms with Gasteiger partial charge in [-0.25, -0.2) is 0 Å². The summed E-state index contributed by atoms with van der Waals surface area (Å²) in [5.41, 5.74) is 0. The molecule has 1 fully saturated rings. The van der Waals surface area contributed by atoms with Gasteiger partial charge in [-0.2, -0.15) is 0 Å². The van der Waals surface area contributed by atoms with Crippen molar-refractivity contribution in [1.82, 2.24) is 0 Å². The fraction of sp³-hybridized carbons (Fsp3) is 0.867. The Kier molecular flexibility index (Phi) is 5.68. The third kappa shape index (κ3) is 3.56. The highest BCUT2D eigenvalue weighted by Gasteiger charge is 2.40. The Morgan fingerprint density at radius 1 is 1.29 bits per heavy atom. The van der Waals surface area contributed by atoms with Gasteiger partial charge in [0, 0.05) is 5.92 Å². The maximum Gasteiger partial charge on any atom is 0.0630 e. The van der Waals surface area contributed by atoms with Gasteiger partial charge in [0.25, 0.3) is 0 Å². The van der Waals surface area contributed by atoms with Crippen molar-refractivity contribution in [3.63, 3.8) is 0 Å². The van der Waals surface area contributed by atoms with Crippen molar-refractivity contribution in [2.24, 2.45) is 23.7 Å². The molecule has 0 aromatic rings. The van der Waals surface area contributed by atoms with Crippen LogP contribution in [0.2, 0.25) is 0 Å². The Morgan fingerprint density at radius 2 is 1.94 bits per heavy atom. The summed E-state index contributed by atoms with van der Waals surface area (Å²) in [6, 6.07) is 0. The molecule has 0 spiro atoms. The minimum absolute atomic E-state index is 0.0346. The SMILES string of the molecule is C/C=C/CC(O)[C@@H]1C(O)[C@@H](C(C)C)CC[C@H]1C. The summed E-state index contributed by atoms with van der Waals surface area (Å²) in [4.78, 5) is 0. The van der Waals surface area contributed by atoms with E-state index in [1.807, 2.05) is 19.1 Å². The minimum atomic E-state index is -0.405. The Balaban J connectivity index is 2.72. The fourth-order valence-corrected chi connectivity index (χ4v) is 3.21. The molecule has 2 heteroatoms. The lowest BCUT2D eigenvalue weighted by molar-refractivity contribution is -0.0795. The number of aliphatic hydroxyl groups excluding tert-OH is 2. The average Bonchev–Trinajstić information content (AvgIpc) is 2.25. The fourth-order valence-electron chi connectivity index (χ4n) is 3.21. The molecule has 1 saturated carbocycles. The van der Waals surface area contributed by atoms with E-state index < -0.39 is 6.10 Å². The van der Waals surface area contributed by atoms with Crippen LogP contribution in [0.1, 0.15) is 47.0 Å². The highest BCUT2D eigenvalue weighted by molar-refractivity contribution is 4.93. The third-order valence-electron chi connectivity index (χ3n) is 4.36. The van der Waals surface area contributed by atoms with Gasteiger partial charge >= 0.3 is 0 Å². The molecule has 2 unspecified atom stereocenters. The van der Waals surface area contributed by atoms with Crippen molar-refractivity contribution >= 4 is 0 Å². The summed E-state index contributed by atoms with van der Waals surface area (Å²) < 4.78 is 0. The van der Waals surface area contributed by atoms with Crippen LogP contribution in [-0.2, 0) is 0 Å². The lowest BCUT2D eigenvalue weighted by Crippen LogP contribution is -2.46. The van der Waals surface area contributed by atoms with Gasteiger partial charge in [0.15, 0.2) is 0 Å². The first-order valence-corrected chi connectivity index (χ1v) is 6.96. The van der Waals surface area contributed by atoms with E-state index in [1.54, 1.807) is 0 Å². The van der Waals surface area contributed by atoms with Crippen molar-refractivity contribution in [2.45, 2.75) is 59.2 Å². The Labute approximate surface area is 106 Å². The summed E-state index contributed by atoms with van der Waals surface area (Å²) in [5.74, 6) is 1.29. The molecule has 1 rings (SSSR count). The summed E-state index contributed by atoms with van der Waals surface area (Å²) in [5, 5.41) is 20.7. The number of rotatable bonds is 4. The van der Waals surface area contributed by atoms with E-state index in [1.165, 1.54) is 0 Å². The van der Waals surface area contributed by atoms with E-state index in [0.717, 1.165) is 12.8 Å². The maximum atomic E-state index is 10.5. The Hall–Kier alpha value is -0.340. The second-order valence-electron chi connectivity index (χ2n) is 5.90. The molecule has 1 aliphatic carbocycles. The Morgan fingerprint density at radius 3 is 2.47 bits per heavy atom. The molecular weight excluding hydrogens is 212 g/mol. The van der Waals surface area contributed by atoms with Crippen molar-refractivity contribution < 1.29 is 10.2 Å². The van der Waals surface area contributed by atoms with Crippen LogP contribution in [0.4, 0.5) is 0 Å². The van der Waals surface area contributed by atoms with Crippen molar-refractivity contribution in [2.75, 3.05) is 0 Å². The van der Waals surface area contributed by atoms with Gasteiger partial charge in [-0.3, -0.25) is 0 Å². The van der Waals surface area contributed by atoms with E-state index >= 15 is 0 Å². The van der Waals surface area contributed by atoms with Crippen LogP contribution in [0.5, 0.6) is 0 Å². The predicted molar refractivity (Wildman–Crippen MR) is 71.7 cm³/mol. The van der Waals surface area contributed by atoms with Crippen molar-refractivity contribution in [3.05, 3.63) is 12.2 Å². The molecule has 2 N–H and O–H groups in total. The molecule has 0 amide bonds. The van der Waals surface area contributed by atoms with Crippen LogP contribution >= 0.6 is 0 Å². The summed E-state index contributed by atoms with van der Waals surface area (Å²) >= 11 is 0. The number of allylic oxidation sites excluding steroid dienone is 1. The molecule has 5 atom stereocenters. The average molecular weight is 240 g/mol. The monoisotopic (exact) mass is 240 g/mol. The van der Waals surface area contributed by atoms with Gasteiger partial charge < -0.3 is 10.2 Å². The zero-order valence-electron chi connectivity index (χ0n) is 11.6. The zero-order chi connectivity index (χ0) is 13.0. The second kappa shape index (κ2) is 6.55. The highest BCUT2D eigenvalue weighted by Crippen LogP contribution is 2.39. The Bertz CT molecular complexity index is 247. The normalized spacial score (nSPS) is 36.6. The highest BCUT2D eigenvalue weighted by atomic mass is 16.3. The summed E-state index contributed by atoms with van der Waals surface area (Å²) in [7, 11) is 0. The van der Waals surface area contributed by atoms with Crippen LogP contribution in [0.3, 0.4) is 0 Å². The standard InChI is InChI=1S/C15H28O2/c1-5-6-7-13(16)14-11(4)8-9-12(10(2)3)15(14)17/h5-6,10-17H,7-9H2,1-4H3/b6-5+/t11-,12-,13?,14-,15?/m1/s1. The summed E-state index contributed by atoms with van der Waals surface area (Å²) in [6.45, 7) is 8.45. The molecular formula is C15H28O2. The van der Waals surface area contributed by atoms with Crippen LogP contribution in [0, 0.1) is 23.7 Å². The van der Waals surface area contributed by atoms with Gasteiger partial charge in [0.05, 0.1) is 12.2 Å². The molecule has 100 valence electrons. The van der Waals surface area contributed by atoms with Gasteiger partial charge in [0.1, 0.15) is 0 Å². The van der Waals surface area contributed by atoms with E-state index in [9.17, 15) is 10.2 Å². The topological polar surface area (TPSA) is 40.5 Å². The second-order valence-corrected chi connectivity index (χ2v) is 5.90. The molecule has 0 heterocycles. The van der Waals surface area contributed by atoms with Crippen LogP contribution in [-0.4, -0.2) is 22.4 Å². The number of aliphatic hydroxyl groups is 2. The maximum absolute atomic E-state index is 10.5. The first-order valence-electron chi connectivity index (χ1n) is 6.96. The first-order chi connectivity index (χ1) is 7.99. The molecule has 2 nitrogen and oxygen atoms in total. The molecule has 0 aromatic heterocycles. The number of hydrogen-bond acceptors (Lipinski definition) is 2. The molecule has 0 aliphatic heterocycles. The molecule has 1 aliphatic rings. The van der Waals surface area contributed by atoms with Crippen molar-refractivity contribution in [3.8, 4) is 0 Å². The quantitative estimate of drug-likeness (QED) is 0.742. The van der Waals surface area contributed by atoms with E-state index in [2.05, 4.69) is 20.8 Å². The zero-order valence-corrected chi connectivity index (χ0v) is 11.6. The van der Waals surface area contributed by atoms with Gasteiger partial charge in [-0.05, 0) is 43.9 Å². The minimum Gasteiger partial charge on any atom is -0.392 e. The molecule has 0 radical (unpaired) electrons. The molecule has 0 saturated heterocycles. The van der Waals surface area contributed by atoms with E-state index in [4.69, 9.17) is 0 Å². The van der Waals surface area contributed by atoms with Gasteiger partial charge in [-0.1, -0.05) is 32.9 Å². The van der Waals surface area contributed by atoms with Crippen LogP contribution in [0.15, 0.2) is 12.2 Å². The van der Waals surface area contributed by atoms with Gasteiger partial charge in [0.2, 0.25) is 0 Å². The molecule has 0 bridgehead atoms. The van der Waals surface area contributed by atoms with E-state index in [-0.39, 0.29) is 12.0 Å². The first kappa shape index (κ1) is 14.7. The summed E-state index contributed by atoms with van der Waals surface area (Å²) in [6.07, 6.45) is 6.07. The smallest absolute Gasteiger partial charge is 0.0630 e. The molecule has 17 heavy (non-hydrogen) atoms. The van der Waals surface area contributed by atoms with Gasteiger partial charge in [-0.15, -0.1) is 0 Å². The van der Waals surface area contributed by atoms with Crippen LogP contribution in [0.25, 0.3) is 0 Å². The third-order valence-corrected chi connectivity index (χ3v) is 4.36.